The highest BCUT2D eigenvalue weighted by molar-refractivity contribution is 6.38. The number of nitrogens with one attached hydrogen (secondary N) is 1. The molecule has 1 aliphatic rings. The van der Waals surface area contributed by atoms with Crippen LogP contribution in [-0.2, 0) is 4.79 Å². The number of benzene rings is 2. The molecule has 2 aromatic carbocycles. The summed E-state index contributed by atoms with van der Waals surface area (Å²) in [7, 11) is 2.05. The average molecular weight is 461 g/mol. The molecule has 1 heterocycles. The fraction of sp³-hybridized carbons (Fsp3) is 0.333. The lowest BCUT2D eigenvalue weighted by molar-refractivity contribution is -0.274. The minimum atomic E-state index is -4.85. The summed E-state index contributed by atoms with van der Waals surface area (Å²) in [5.41, 5.74) is 7.11. The van der Waals surface area contributed by atoms with Crippen LogP contribution >= 0.6 is 0 Å². The zero-order chi connectivity index (χ0) is 24.2. The van der Waals surface area contributed by atoms with E-state index in [1.807, 2.05) is 7.05 Å². The second-order valence-corrected chi connectivity index (χ2v) is 8.00. The number of likely N-dealkylation sites (tertiary alicyclic amines) is 1. The highest BCUT2D eigenvalue weighted by Crippen LogP contribution is 2.35. The SMILES string of the molecule is C=C/C=C(\N=C(/C)C(=O)NC1CCN(C)CC1)c1ccc2ccc(OC(F)(F)F)c(N)c2c1. The number of hydrogen-bond donors (Lipinski definition) is 2. The molecule has 0 radical (unpaired) electrons. The van der Waals surface area contributed by atoms with Gasteiger partial charge in [0.2, 0.25) is 0 Å². The molecule has 2 aromatic rings. The van der Waals surface area contributed by atoms with Gasteiger partial charge in [-0.2, -0.15) is 0 Å². The van der Waals surface area contributed by atoms with E-state index in [0.29, 0.717) is 22.0 Å². The van der Waals surface area contributed by atoms with Gasteiger partial charge in [0.1, 0.15) is 5.71 Å². The van der Waals surface area contributed by atoms with Crippen molar-refractivity contribution in [2.75, 3.05) is 25.9 Å². The van der Waals surface area contributed by atoms with E-state index in [1.165, 1.54) is 18.2 Å². The minimum Gasteiger partial charge on any atom is -0.404 e. The first kappa shape index (κ1) is 24.3. The van der Waals surface area contributed by atoms with Crippen LogP contribution in [0, 0.1) is 0 Å². The maximum atomic E-state index is 12.7. The third-order valence-corrected chi connectivity index (χ3v) is 5.49. The van der Waals surface area contributed by atoms with Crippen LogP contribution in [0.1, 0.15) is 25.3 Å². The number of piperidine rings is 1. The van der Waals surface area contributed by atoms with E-state index in [-0.39, 0.29) is 23.3 Å². The van der Waals surface area contributed by atoms with Crippen molar-refractivity contribution in [2.45, 2.75) is 32.2 Å². The standard InChI is InChI=1S/C24H27F3N4O2/c1-4-5-20(29-15(2)23(32)30-18-10-12-31(3)13-11-18)17-7-6-16-8-9-21(33-24(25,26)27)22(28)19(16)14-17/h4-9,14,18H,1,10-13,28H2,2-3H3,(H,30,32)/b20-5-,29-15+. The summed E-state index contributed by atoms with van der Waals surface area (Å²) in [4.78, 5) is 19.3. The molecule has 33 heavy (non-hydrogen) atoms. The number of allylic oxidation sites excluding steroid dienone is 2. The van der Waals surface area contributed by atoms with E-state index in [2.05, 4.69) is 26.5 Å². The fourth-order valence-electron chi connectivity index (χ4n) is 3.68. The van der Waals surface area contributed by atoms with E-state index < -0.39 is 12.1 Å². The third kappa shape index (κ3) is 6.35. The number of alkyl halides is 3. The number of nitrogen functional groups attached to an aromatic ring is 1. The Bertz CT molecular complexity index is 1100. The second-order valence-electron chi connectivity index (χ2n) is 8.00. The smallest absolute Gasteiger partial charge is 0.404 e. The Morgan fingerprint density at radius 1 is 1.27 bits per heavy atom. The van der Waals surface area contributed by atoms with Crippen LogP contribution in [0.25, 0.3) is 16.5 Å². The van der Waals surface area contributed by atoms with Crippen molar-refractivity contribution in [3.8, 4) is 5.75 Å². The van der Waals surface area contributed by atoms with Gasteiger partial charge in [0, 0.05) is 17.0 Å². The first-order valence-electron chi connectivity index (χ1n) is 10.5. The Hall–Kier alpha value is -3.33. The maximum absolute atomic E-state index is 12.7. The van der Waals surface area contributed by atoms with Crippen LogP contribution in [0.4, 0.5) is 18.9 Å². The number of nitrogens with two attached hydrogens (primary N) is 1. The number of aliphatic imine (C=N–C) groups is 1. The molecule has 0 atom stereocenters. The molecule has 0 saturated carbocycles. The van der Waals surface area contributed by atoms with Crippen molar-refractivity contribution in [1.82, 2.24) is 10.2 Å². The van der Waals surface area contributed by atoms with Crippen LogP contribution in [0.5, 0.6) is 5.75 Å². The van der Waals surface area contributed by atoms with Crippen molar-refractivity contribution >= 4 is 33.8 Å². The number of amides is 1. The average Bonchev–Trinajstić information content (AvgIpc) is 2.76. The van der Waals surface area contributed by atoms with Crippen molar-refractivity contribution in [3.63, 3.8) is 0 Å². The van der Waals surface area contributed by atoms with Crippen LogP contribution in [0.2, 0.25) is 0 Å². The van der Waals surface area contributed by atoms with Gasteiger partial charge >= 0.3 is 6.36 Å². The van der Waals surface area contributed by atoms with Gasteiger partial charge in [0.05, 0.1) is 11.4 Å². The quantitative estimate of drug-likeness (QED) is 0.377. The molecule has 0 aliphatic carbocycles. The van der Waals surface area contributed by atoms with Gasteiger partial charge in [0.25, 0.3) is 5.91 Å². The number of nitrogens with zero attached hydrogens (tertiary/aromatic N) is 2. The molecule has 176 valence electrons. The van der Waals surface area contributed by atoms with E-state index >= 15 is 0 Å². The largest absolute Gasteiger partial charge is 0.573 e. The number of hydrogen-bond acceptors (Lipinski definition) is 5. The van der Waals surface area contributed by atoms with Crippen molar-refractivity contribution < 1.29 is 22.7 Å². The minimum absolute atomic E-state index is 0.0956. The molecule has 1 saturated heterocycles. The normalized spacial score (nSPS) is 16.6. The lowest BCUT2D eigenvalue weighted by Gasteiger charge is -2.29. The first-order chi connectivity index (χ1) is 15.6. The first-order valence-corrected chi connectivity index (χ1v) is 10.5. The molecule has 1 fully saturated rings. The van der Waals surface area contributed by atoms with Gasteiger partial charge in [-0.3, -0.25) is 4.79 Å². The van der Waals surface area contributed by atoms with Crippen LogP contribution < -0.4 is 15.8 Å². The summed E-state index contributed by atoms with van der Waals surface area (Å²) in [5.74, 6) is -0.737. The van der Waals surface area contributed by atoms with E-state index in [9.17, 15) is 18.0 Å². The van der Waals surface area contributed by atoms with Gasteiger partial charge in [-0.1, -0.05) is 30.9 Å². The number of halogens is 3. The Kier molecular flexibility index (Phi) is 7.43. The summed E-state index contributed by atoms with van der Waals surface area (Å²) in [6.07, 6.45) is 0.0433. The number of ether oxygens (including phenoxy) is 1. The molecule has 0 unspecified atom stereocenters. The number of carbonyl (C=O) groups excluding carboxylic acids is 1. The molecule has 9 heteroatoms. The summed E-state index contributed by atoms with van der Waals surface area (Å²) in [5, 5.41) is 4.04. The lowest BCUT2D eigenvalue weighted by atomic mass is 10.0. The van der Waals surface area contributed by atoms with Gasteiger partial charge < -0.3 is 20.7 Å². The summed E-state index contributed by atoms with van der Waals surface area (Å²) >= 11 is 0. The molecule has 1 amide bonds. The Morgan fingerprint density at radius 2 is 1.94 bits per heavy atom. The lowest BCUT2D eigenvalue weighted by Crippen LogP contribution is -2.45. The zero-order valence-corrected chi connectivity index (χ0v) is 18.6. The fourth-order valence-corrected chi connectivity index (χ4v) is 3.68. The Labute approximate surface area is 190 Å². The molecule has 6 nitrogen and oxygen atoms in total. The zero-order valence-electron chi connectivity index (χ0n) is 18.6. The maximum Gasteiger partial charge on any atom is 0.573 e. The Morgan fingerprint density at radius 3 is 2.58 bits per heavy atom. The summed E-state index contributed by atoms with van der Waals surface area (Å²) < 4.78 is 42.1. The highest BCUT2D eigenvalue weighted by atomic mass is 19.4. The molecule has 1 aliphatic heterocycles. The van der Waals surface area contributed by atoms with E-state index in [1.54, 1.807) is 31.2 Å². The molecule has 0 aromatic heterocycles. The third-order valence-electron chi connectivity index (χ3n) is 5.49. The summed E-state index contributed by atoms with van der Waals surface area (Å²) in [6.45, 7) is 7.15. The van der Waals surface area contributed by atoms with Gasteiger partial charge in [-0.25, -0.2) is 4.99 Å². The molecule has 3 N–H and O–H groups in total. The van der Waals surface area contributed by atoms with Crippen LogP contribution in [-0.4, -0.2) is 49.1 Å². The van der Waals surface area contributed by atoms with Crippen molar-refractivity contribution in [2.24, 2.45) is 4.99 Å². The van der Waals surface area contributed by atoms with E-state index in [4.69, 9.17) is 5.73 Å². The molecule has 0 bridgehead atoms. The topological polar surface area (TPSA) is 80.0 Å². The monoisotopic (exact) mass is 460 g/mol. The van der Waals surface area contributed by atoms with Crippen molar-refractivity contribution in [1.29, 1.82) is 0 Å². The second kappa shape index (κ2) is 10.1. The number of rotatable bonds is 6. The molecular formula is C24H27F3N4O2. The number of carbonyl (C=O) groups is 1. The van der Waals surface area contributed by atoms with E-state index in [0.717, 1.165) is 25.9 Å². The number of anilines is 1. The van der Waals surface area contributed by atoms with Gasteiger partial charge in [-0.15, -0.1) is 13.2 Å². The Balaban J connectivity index is 1.88. The van der Waals surface area contributed by atoms with Gasteiger partial charge in [0.15, 0.2) is 5.75 Å². The highest BCUT2D eigenvalue weighted by Gasteiger charge is 2.32. The van der Waals surface area contributed by atoms with Crippen molar-refractivity contribution in [3.05, 3.63) is 54.6 Å². The van der Waals surface area contributed by atoms with Crippen LogP contribution in [0.3, 0.4) is 0 Å². The molecule has 0 spiro atoms. The molecule has 3 rings (SSSR count). The number of fused-ring (bicyclic) bond motifs is 1. The summed E-state index contributed by atoms with van der Waals surface area (Å²) in [6, 6.07) is 7.87. The van der Waals surface area contributed by atoms with Gasteiger partial charge in [-0.05, 0) is 63.5 Å². The predicted octanol–water partition coefficient (Wildman–Crippen LogP) is 4.52. The van der Waals surface area contributed by atoms with Crippen LogP contribution in [0.15, 0.2) is 54.1 Å². The predicted molar refractivity (Wildman–Crippen MR) is 125 cm³/mol. The molecular weight excluding hydrogens is 433 g/mol.